The fraction of sp³-hybridized carbons (Fsp3) is 0.214. The van der Waals surface area contributed by atoms with Gasteiger partial charge < -0.3 is 10.4 Å². The molecule has 6 nitrogen and oxygen atoms in total. The molecular formula is C14H14ClN3O3. The number of carboxylic acids is 1. The Morgan fingerprint density at radius 1 is 1.29 bits per heavy atom. The molecule has 0 spiro atoms. The van der Waals surface area contributed by atoms with Crippen LogP contribution in [-0.4, -0.2) is 26.8 Å². The highest BCUT2D eigenvalue weighted by Gasteiger charge is 2.11. The topological polar surface area (TPSA) is 84.2 Å². The Balaban J connectivity index is 1.84. The number of nitrogens with one attached hydrogen (secondary N) is 1. The van der Waals surface area contributed by atoms with Crippen LogP contribution >= 0.6 is 11.6 Å². The van der Waals surface area contributed by atoms with Crippen molar-refractivity contribution >= 4 is 23.5 Å². The van der Waals surface area contributed by atoms with Crippen molar-refractivity contribution in [2.45, 2.75) is 19.5 Å². The summed E-state index contributed by atoms with van der Waals surface area (Å²) in [6.45, 7) is 0.548. The van der Waals surface area contributed by atoms with E-state index in [2.05, 4.69) is 10.4 Å². The van der Waals surface area contributed by atoms with Crippen molar-refractivity contribution in [3.8, 4) is 0 Å². The molecule has 2 N–H and O–H groups in total. The van der Waals surface area contributed by atoms with E-state index < -0.39 is 5.97 Å². The van der Waals surface area contributed by atoms with Gasteiger partial charge in [-0.25, -0.2) is 4.79 Å². The van der Waals surface area contributed by atoms with Gasteiger partial charge in [0.2, 0.25) is 5.91 Å². The lowest BCUT2D eigenvalue weighted by Gasteiger charge is -2.08. The summed E-state index contributed by atoms with van der Waals surface area (Å²) in [5.74, 6) is -1.26. The second kappa shape index (κ2) is 6.90. The molecule has 0 bridgehead atoms. The lowest BCUT2D eigenvalue weighted by Crippen LogP contribution is -2.24. The number of halogens is 1. The van der Waals surface area contributed by atoms with E-state index in [9.17, 15) is 9.59 Å². The molecule has 0 unspecified atom stereocenters. The van der Waals surface area contributed by atoms with Crippen molar-refractivity contribution in [2.75, 3.05) is 0 Å². The van der Waals surface area contributed by atoms with Crippen LogP contribution in [0.15, 0.2) is 36.5 Å². The van der Waals surface area contributed by atoms with Crippen molar-refractivity contribution < 1.29 is 14.7 Å². The first-order valence-electron chi connectivity index (χ1n) is 6.33. The largest absolute Gasteiger partial charge is 0.477 e. The Hall–Kier alpha value is -2.34. The van der Waals surface area contributed by atoms with Crippen LogP contribution in [0.4, 0.5) is 0 Å². The SMILES string of the molecule is O=C(CCn1nccc1C(=O)O)NCc1ccccc1Cl. The Morgan fingerprint density at radius 3 is 2.76 bits per heavy atom. The minimum absolute atomic E-state index is 0.0638. The zero-order chi connectivity index (χ0) is 15.2. The van der Waals surface area contributed by atoms with E-state index in [1.165, 1.54) is 16.9 Å². The average molecular weight is 308 g/mol. The number of nitrogens with zero attached hydrogens (tertiary/aromatic N) is 2. The minimum Gasteiger partial charge on any atom is -0.477 e. The Morgan fingerprint density at radius 2 is 2.05 bits per heavy atom. The first-order valence-corrected chi connectivity index (χ1v) is 6.71. The number of amides is 1. The molecule has 0 aliphatic carbocycles. The molecule has 0 radical (unpaired) electrons. The number of aromatic nitrogens is 2. The number of carbonyl (C=O) groups excluding carboxylic acids is 1. The van der Waals surface area contributed by atoms with Crippen LogP contribution in [0.25, 0.3) is 0 Å². The molecule has 0 aliphatic heterocycles. The first kappa shape index (κ1) is 15.1. The van der Waals surface area contributed by atoms with Crippen LogP contribution in [0, 0.1) is 0 Å². The maximum Gasteiger partial charge on any atom is 0.354 e. The molecule has 2 rings (SSSR count). The van der Waals surface area contributed by atoms with Crippen molar-refractivity contribution in [1.82, 2.24) is 15.1 Å². The summed E-state index contributed by atoms with van der Waals surface area (Å²) in [5, 5.41) is 16.1. The van der Waals surface area contributed by atoms with Gasteiger partial charge in [-0.2, -0.15) is 5.10 Å². The molecule has 1 amide bonds. The molecule has 2 aromatic rings. The molecule has 7 heteroatoms. The number of carbonyl (C=O) groups is 2. The maximum atomic E-state index is 11.8. The molecule has 110 valence electrons. The maximum absolute atomic E-state index is 11.8. The van der Waals surface area contributed by atoms with Crippen molar-refractivity contribution in [1.29, 1.82) is 0 Å². The van der Waals surface area contributed by atoms with E-state index in [1.807, 2.05) is 18.2 Å². The Bertz CT molecular complexity index is 654. The van der Waals surface area contributed by atoms with Crippen LogP contribution in [0.5, 0.6) is 0 Å². The zero-order valence-electron chi connectivity index (χ0n) is 11.1. The zero-order valence-corrected chi connectivity index (χ0v) is 11.9. The lowest BCUT2D eigenvalue weighted by atomic mass is 10.2. The molecule has 0 fully saturated rings. The number of aromatic carboxylic acids is 1. The quantitative estimate of drug-likeness (QED) is 0.854. The van der Waals surface area contributed by atoms with Crippen molar-refractivity contribution in [2.24, 2.45) is 0 Å². The molecular weight excluding hydrogens is 294 g/mol. The van der Waals surface area contributed by atoms with Gasteiger partial charge in [0.15, 0.2) is 0 Å². The number of hydrogen-bond donors (Lipinski definition) is 2. The first-order chi connectivity index (χ1) is 10.1. The van der Waals surface area contributed by atoms with E-state index in [4.69, 9.17) is 16.7 Å². The molecule has 0 saturated heterocycles. The second-order valence-electron chi connectivity index (χ2n) is 4.36. The third-order valence-electron chi connectivity index (χ3n) is 2.92. The third kappa shape index (κ3) is 4.06. The number of aryl methyl sites for hydroxylation is 1. The van der Waals surface area contributed by atoms with Crippen LogP contribution in [-0.2, 0) is 17.9 Å². The fourth-order valence-electron chi connectivity index (χ4n) is 1.82. The molecule has 21 heavy (non-hydrogen) atoms. The van der Waals surface area contributed by atoms with Crippen LogP contribution < -0.4 is 5.32 Å². The van der Waals surface area contributed by atoms with Gasteiger partial charge in [-0.1, -0.05) is 29.8 Å². The van der Waals surface area contributed by atoms with Crippen molar-refractivity contribution in [3.05, 3.63) is 52.8 Å². The van der Waals surface area contributed by atoms with Gasteiger partial charge in [0.05, 0.1) is 6.54 Å². The van der Waals surface area contributed by atoms with E-state index >= 15 is 0 Å². The van der Waals surface area contributed by atoms with Crippen LogP contribution in [0.2, 0.25) is 5.02 Å². The van der Waals surface area contributed by atoms with Gasteiger partial charge in [0.25, 0.3) is 0 Å². The summed E-state index contributed by atoms with van der Waals surface area (Å²) >= 11 is 5.99. The Labute approximate surface area is 126 Å². The summed E-state index contributed by atoms with van der Waals surface area (Å²) in [5.41, 5.74) is 0.895. The number of carboxylic acid groups (broad SMARTS) is 1. The van der Waals surface area contributed by atoms with Gasteiger partial charge in [-0.3, -0.25) is 9.48 Å². The predicted molar refractivity (Wildman–Crippen MR) is 77.1 cm³/mol. The van der Waals surface area contributed by atoms with Gasteiger partial charge in [0, 0.05) is 24.2 Å². The highest BCUT2D eigenvalue weighted by atomic mass is 35.5. The summed E-state index contributed by atoms with van der Waals surface area (Å²) < 4.78 is 1.29. The lowest BCUT2D eigenvalue weighted by molar-refractivity contribution is -0.121. The number of rotatable bonds is 6. The van der Waals surface area contributed by atoms with E-state index in [-0.39, 0.29) is 24.6 Å². The normalized spacial score (nSPS) is 10.3. The molecule has 0 aliphatic rings. The molecule has 1 aromatic carbocycles. The minimum atomic E-state index is -1.07. The predicted octanol–water partition coefficient (Wildman–Crippen LogP) is 1.94. The van der Waals surface area contributed by atoms with Gasteiger partial charge in [-0.05, 0) is 17.7 Å². The average Bonchev–Trinajstić information content (AvgIpc) is 2.93. The third-order valence-corrected chi connectivity index (χ3v) is 3.29. The second-order valence-corrected chi connectivity index (χ2v) is 4.77. The smallest absolute Gasteiger partial charge is 0.354 e. The van der Waals surface area contributed by atoms with Gasteiger partial charge >= 0.3 is 5.97 Å². The van der Waals surface area contributed by atoms with Gasteiger partial charge in [0.1, 0.15) is 5.69 Å². The van der Waals surface area contributed by atoms with Crippen LogP contribution in [0.3, 0.4) is 0 Å². The summed E-state index contributed by atoms with van der Waals surface area (Å²) in [7, 11) is 0. The molecule has 1 heterocycles. The van der Waals surface area contributed by atoms with Crippen LogP contribution in [0.1, 0.15) is 22.5 Å². The number of benzene rings is 1. The standard InChI is InChI=1S/C14H14ClN3O3/c15-11-4-2-1-3-10(11)9-16-13(19)6-8-18-12(14(20)21)5-7-17-18/h1-5,7H,6,8-9H2,(H,16,19)(H,20,21). The summed E-state index contributed by atoms with van der Waals surface area (Å²) in [4.78, 5) is 22.7. The summed E-state index contributed by atoms with van der Waals surface area (Å²) in [6.07, 6.45) is 1.54. The van der Waals surface area contributed by atoms with Crippen molar-refractivity contribution in [3.63, 3.8) is 0 Å². The molecule has 0 atom stereocenters. The van der Waals surface area contributed by atoms with E-state index in [0.29, 0.717) is 11.6 Å². The highest BCUT2D eigenvalue weighted by Crippen LogP contribution is 2.14. The molecule has 0 saturated carbocycles. The van der Waals surface area contributed by atoms with E-state index in [0.717, 1.165) is 5.56 Å². The monoisotopic (exact) mass is 307 g/mol. The van der Waals surface area contributed by atoms with E-state index in [1.54, 1.807) is 6.07 Å². The Kier molecular flexibility index (Phi) is 4.94. The fourth-order valence-corrected chi connectivity index (χ4v) is 2.03. The summed E-state index contributed by atoms with van der Waals surface area (Å²) in [6, 6.07) is 8.64. The van der Waals surface area contributed by atoms with Gasteiger partial charge in [-0.15, -0.1) is 0 Å². The molecule has 1 aromatic heterocycles. The highest BCUT2D eigenvalue weighted by molar-refractivity contribution is 6.31. The number of hydrogen-bond acceptors (Lipinski definition) is 3.